The lowest BCUT2D eigenvalue weighted by molar-refractivity contribution is -0.161. The molecule has 0 aliphatic heterocycles. The quantitative estimate of drug-likeness (QED) is 0.465. The van der Waals surface area contributed by atoms with Gasteiger partial charge in [0.25, 0.3) is 0 Å². The van der Waals surface area contributed by atoms with Crippen LogP contribution in [0.15, 0.2) is 0 Å². The van der Waals surface area contributed by atoms with Crippen LogP contribution >= 0.6 is 0 Å². The Labute approximate surface area is 76.3 Å². The first kappa shape index (κ1) is 12.1. The molecule has 0 saturated heterocycles. The number of carbonyl (C=O) groups excluding carboxylic acids is 2. The number of aliphatic hydroxyl groups excluding tert-OH is 1. The minimum atomic E-state index is -1.32. The van der Waals surface area contributed by atoms with E-state index in [4.69, 9.17) is 5.11 Å². The zero-order chi connectivity index (χ0) is 10.5. The summed E-state index contributed by atoms with van der Waals surface area (Å²) in [6.45, 7) is 2.28. The Kier molecular flexibility index (Phi) is 4.58. The Balaban J connectivity index is 3.96. The standard InChI is InChI=1S/C8H14O5/c1-6(10)13-7(11)5-8(2,12)3-4-9/h9,12H,3-5H2,1-2H3/t8-/m1/s1. The zero-order valence-corrected chi connectivity index (χ0v) is 7.74. The van der Waals surface area contributed by atoms with E-state index in [-0.39, 0.29) is 19.4 Å². The largest absolute Gasteiger partial charge is 0.396 e. The van der Waals surface area contributed by atoms with E-state index in [1.165, 1.54) is 6.92 Å². The first-order valence-corrected chi connectivity index (χ1v) is 3.92. The van der Waals surface area contributed by atoms with Crippen molar-refractivity contribution in [3.05, 3.63) is 0 Å². The summed E-state index contributed by atoms with van der Waals surface area (Å²) in [5, 5.41) is 17.9. The number of rotatable bonds is 4. The van der Waals surface area contributed by atoms with Gasteiger partial charge in [-0.05, 0) is 13.3 Å². The Morgan fingerprint density at radius 1 is 1.46 bits per heavy atom. The van der Waals surface area contributed by atoms with Gasteiger partial charge in [0.2, 0.25) is 0 Å². The summed E-state index contributed by atoms with van der Waals surface area (Å²) in [4.78, 5) is 21.2. The summed E-state index contributed by atoms with van der Waals surface area (Å²) in [7, 11) is 0. The monoisotopic (exact) mass is 190 g/mol. The molecule has 0 aliphatic rings. The highest BCUT2D eigenvalue weighted by Gasteiger charge is 2.25. The highest BCUT2D eigenvalue weighted by molar-refractivity contribution is 5.84. The molecule has 0 unspecified atom stereocenters. The molecule has 0 amide bonds. The molecule has 0 radical (unpaired) electrons. The predicted octanol–water partition coefficient (Wildman–Crippen LogP) is -0.400. The van der Waals surface area contributed by atoms with Gasteiger partial charge in [-0.15, -0.1) is 0 Å². The van der Waals surface area contributed by atoms with E-state index in [0.717, 1.165) is 6.92 Å². The molecule has 13 heavy (non-hydrogen) atoms. The van der Waals surface area contributed by atoms with Crippen molar-refractivity contribution < 1.29 is 24.5 Å². The van der Waals surface area contributed by atoms with Gasteiger partial charge in [0.05, 0.1) is 12.0 Å². The van der Waals surface area contributed by atoms with Crippen LogP contribution in [-0.2, 0) is 14.3 Å². The second-order valence-corrected chi connectivity index (χ2v) is 3.11. The van der Waals surface area contributed by atoms with Gasteiger partial charge in [-0.25, -0.2) is 0 Å². The molecule has 5 nitrogen and oxygen atoms in total. The molecule has 0 rings (SSSR count). The van der Waals surface area contributed by atoms with Crippen molar-refractivity contribution in [1.82, 2.24) is 0 Å². The van der Waals surface area contributed by atoms with Crippen LogP contribution in [0, 0.1) is 0 Å². The Hall–Kier alpha value is -0.940. The van der Waals surface area contributed by atoms with E-state index in [0.29, 0.717) is 0 Å². The van der Waals surface area contributed by atoms with Gasteiger partial charge in [0, 0.05) is 13.5 Å². The molecule has 0 spiro atoms. The van der Waals surface area contributed by atoms with Crippen molar-refractivity contribution >= 4 is 11.9 Å². The van der Waals surface area contributed by atoms with Crippen molar-refractivity contribution in [2.24, 2.45) is 0 Å². The van der Waals surface area contributed by atoms with Crippen molar-refractivity contribution in [3.8, 4) is 0 Å². The Bertz CT molecular complexity index is 197. The third kappa shape index (κ3) is 6.24. The number of ether oxygens (including phenoxy) is 1. The smallest absolute Gasteiger partial charge is 0.316 e. The number of hydrogen-bond donors (Lipinski definition) is 2. The number of carbonyl (C=O) groups is 2. The second kappa shape index (κ2) is 4.94. The van der Waals surface area contributed by atoms with E-state index in [1.54, 1.807) is 0 Å². The van der Waals surface area contributed by atoms with Crippen molar-refractivity contribution in [1.29, 1.82) is 0 Å². The van der Waals surface area contributed by atoms with Gasteiger partial charge >= 0.3 is 11.9 Å². The molecule has 1 atom stereocenters. The summed E-state index contributed by atoms with van der Waals surface area (Å²) < 4.78 is 4.21. The van der Waals surface area contributed by atoms with Gasteiger partial charge < -0.3 is 14.9 Å². The lowest BCUT2D eigenvalue weighted by Crippen LogP contribution is -2.30. The van der Waals surface area contributed by atoms with Crippen molar-refractivity contribution in [3.63, 3.8) is 0 Å². The summed E-state index contributed by atoms with van der Waals surface area (Å²) in [6.07, 6.45) is -0.229. The van der Waals surface area contributed by atoms with Crippen LogP contribution in [0.4, 0.5) is 0 Å². The lowest BCUT2D eigenvalue weighted by atomic mass is 9.99. The van der Waals surface area contributed by atoms with E-state index >= 15 is 0 Å². The maximum Gasteiger partial charge on any atom is 0.316 e. The highest BCUT2D eigenvalue weighted by atomic mass is 16.6. The second-order valence-electron chi connectivity index (χ2n) is 3.11. The summed E-state index contributed by atoms with van der Waals surface area (Å²) in [5.41, 5.74) is -1.32. The number of esters is 2. The molecule has 2 N–H and O–H groups in total. The van der Waals surface area contributed by atoms with Crippen LogP contribution in [0.1, 0.15) is 26.7 Å². The predicted molar refractivity (Wildman–Crippen MR) is 43.7 cm³/mol. The molecule has 0 aliphatic carbocycles. The Morgan fingerprint density at radius 3 is 2.38 bits per heavy atom. The van der Waals surface area contributed by atoms with Gasteiger partial charge in [0.1, 0.15) is 0 Å². The summed E-state index contributed by atoms with van der Waals surface area (Å²) in [6, 6.07) is 0. The molecule has 0 aromatic carbocycles. The van der Waals surface area contributed by atoms with Gasteiger partial charge in [-0.1, -0.05) is 0 Å². The molecule has 0 aromatic heterocycles. The third-order valence-corrected chi connectivity index (χ3v) is 1.43. The maximum absolute atomic E-state index is 10.9. The average molecular weight is 190 g/mol. The van der Waals surface area contributed by atoms with Crippen LogP contribution in [0.25, 0.3) is 0 Å². The molecule has 0 bridgehead atoms. The minimum Gasteiger partial charge on any atom is -0.396 e. The molecule has 76 valence electrons. The fraction of sp³-hybridized carbons (Fsp3) is 0.750. The van der Waals surface area contributed by atoms with Gasteiger partial charge in [-0.2, -0.15) is 0 Å². The first-order chi connectivity index (χ1) is 5.87. The van der Waals surface area contributed by atoms with E-state index in [9.17, 15) is 14.7 Å². The van der Waals surface area contributed by atoms with E-state index < -0.39 is 17.5 Å². The SMILES string of the molecule is CC(=O)OC(=O)C[C@](C)(O)CCO. The van der Waals surface area contributed by atoms with Crippen LogP contribution < -0.4 is 0 Å². The number of hydrogen-bond acceptors (Lipinski definition) is 5. The molecule has 5 heteroatoms. The van der Waals surface area contributed by atoms with Crippen LogP contribution in [0.3, 0.4) is 0 Å². The highest BCUT2D eigenvalue weighted by Crippen LogP contribution is 2.14. The first-order valence-electron chi connectivity index (χ1n) is 3.92. The topological polar surface area (TPSA) is 83.8 Å². The third-order valence-electron chi connectivity index (χ3n) is 1.43. The van der Waals surface area contributed by atoms with E-state index in [2.05, 4.69) is 4.74 Å². The number of aliphatic hydroxyl groups is 2. The van der Waals surface area contributed by atoms with Crippen LogP contribution in [0.2, 0.25) is 0 Å². The zero-order valence-electron chi connectivity index (χ0n) is 7.74. The maximum atomic E-state index is 10.9. The Morgan fingerprint density at radius 2 is 2.00 bits per heavy atom. The average Bonchev–Trinajstić information content (AvgIpc) is 1.81. The minimum absolute atomic E-state index is 0.0694. The molecule has 0 saturated carbocycles. The van der Waals surface area contributed by atoms with E-state index in [1.807, 2.05) is 0 Å². The molecule has 0 heterocycles. The normalized spacial score (nSPS) is 14.8. The fourth-order valence-electron chi connectivity index (χ4n) is 0.837. The molecule has 0 fully saturated rings. The van der Waals surface area contributed by atoms with Crippen LogP contribution in [0.5, 0.6) is 0 Å². The molecular formula is C8H14O5. The van der Waals surface area contributed by atoms with Crippen molar-refractivity contribution in [2.75, 3.05) is 6.61 Å². The van der Waals surface area contributed by atoms with Crippen molar-refractivity contribution in [2.45, 2.75) is 32.3 Å². The fourth-order valence-corrected chi connectivity index (χ4v) is 0.837. The lowest BCUT2D eigenvalue weighted by Gasteiger charge is -2.19. The summed E-state index contributed by atoms with van der Waals surface area (Å²) in [5.74, 6) is -1.49. The molecular weight excluding hydrogens is 176 g/mol. The van der Waals surface area contributed by atoms with Gasteiger partial charge in [-0.3, -0.25) is 9.59 Å². The summed E-state index contributed by atoms with van der Waals surface area (Å²) >= 11 is 0. The molecule has 0 aromatic rings. The van der Waals surface area contributed by atoms with Gasteiger partial charge in [0.15, 0.2) is 0 Å². The van der Waals surface area contributed by atoms with Crippen LogP contribution in [-0.4, -0.2) is 34.4 Å².